The van der Waals surface area contributed by atoms with Crippen LogP contribution in [-0.2, 0) is 4.79 Å². The molecule has 0 aliphatic heterocycles. The van der Waals surface area contributed by atoms with Crippen molar-refractivity contribution in [2.45, 2.75) is 55.2 Å². The lowest BCUT2D eigenvalue weighted by atomic mass is 10.0. The van der Waals surface area contributed by atoms with Crippen LogP contribution >= 0.6 is 23.1 Å². The summed E-state index contributed by atoms with van der Waals surface area (Å²) >= 11 is 2.92. The van der Waals surface area contributed by atoms with Crippen LogP contribution in [0.5, 0.6) is 0 Å². The summed E-state index contributed by atoms with van der Waals surface area (Å²) in [5, 5.41) is 15.2. The number of nitrogens with zero attached hydrogens (tertiary/aromatic N) is 2. The minimum atomic E-state index is -0.156. The van der Waals surface area contributed by atoms with Crippen molar-refractivity contribution >= 4 is 39.8 Å². The third kappa shape index (κ3) is 4.70. The summed E-state index contributed by atoms with van der Waals surface area (Å²) in [6.45, 7) is 6.26. The van der Waals surface area contributed by atoms with Crippen molar-refractivity contribution in [3.63, 3.8) is 0 Å². The Labute approximate surface area is 150 Å². The Hall–Kier alpha value is -1.60. The first-order valence-electron chi connectivity index (χ1n) is 8.19. The van der Waals surface area contributed by atoms with Gasteiger partial charge in [-0.2, -0.15) is 0 Å². The van der Waals surface area contributed by atoms with E-state index in [2.05, 4.69) is 58.9 Å². The maximum Gasteiger partial charge on any atom is 0.233 e. The average Bonchev–Trinajstić information content (AvgIpc) is 3.26. The Morgan fingerprint density at radius 1 is 1.21 bits per heavy atom. The summed E-state index contributed by atoms with van der Waals surface area (Å²) < 4.78 is 0.801. The standard InChI is InChI=1S/C17H22N4OS2/c1-10(2)12-4-6-14(7-5-12)19-16-20-21-17(24-16)23-11(3)15(22)18-13-8-9-13/h4-7,10-11,13H,8-9H2,1-3H3,(H,18,22)(H,19,20)/t11-/m0/s1. The number of hydrogen-bond donors (Lipinski definition) is 2. The van der Waals surface area contributed by atoms with E-state index in [-0.39, 0.29) is 11.2 Å². The molecule has 0 saturated heterocycles. The van der Waals surface area contributed by atoms with Crippen LogP contribution in [0.25, 0.3) is 0 Å². The molecule has 0 unspecified atom stereocenters. The molecule has 1 aromatic carbocycles. The fraction of sp³-hybridized carbons (Fsp3) is 0.471. The molecule has 3 rings (SSSR count). The van der Waals surface area contributed by atoms with E-state index in [1.54, 1.807) is 0 Å². The monoisotopic (exact) mass is 362 g/mol. The second-order valence-corrected chi connectivity index (χ2v) is 8.88. The third-order valence-corrected chi connectivity index (χ3v) is 5.83. The van der Waals surface area contributed by atoms with Gasteiger partial charge in [0.1, 0.15) is 0 Å². The molecule has 128 valence electrons. The molecule has 2 aromatic rings. The molecule has 1 fully saturated rings. The van der Waals surface area contributed by atoms with Crippen LogP contribution in [0, 0.1) is 0 Å². The summed E-state index contributed by atoms with van der Waals surface area (Å²) in [5.74, 6) is 0.600. The molecule has 24 heavy (non-hydrogen) atoms. The maximum absolute atomic E-state index is 12.0. The topological polar surface area (TPSA) is 66.9 Å². The largest absolute Gasteiger partial charge is 0.352 e. The molecule has 2 N–H and O–H groups in total. The van der Waals surface area contributed by atoms with Gasteiger partial charge in [-0.05, 0) is 43.4 Å². The highest BCUT2D eigenvalue weighted by atomic mass is 32.2. The van der Waals surface area contributed by atoms with Crippen LogP contribution in [0.15, 0.2) is 28.6 Å². The Morgan fingerprint density at radius 3 is 2.54 bits per heavy atom. The van der Waals surface area contributed by atoms with Crippen molar-refractivity contribution in [3.8, 4) is 0 Å². The fourth-order valence-electron chi connectivity index (χ4n) is 2.13. The number of thioether (sulfide) groups is 1. The summed E-state index contributed by atoms with van der Waals surface area (Å²) in [5.41, 5.74) is 2.30. The zero-order valence-electron chi connectivity index (χ0n) is 14.1. The van der Waals surface area contributed by atoms with Gasteiger partial charge in [0.15, 0.2) is 4.34 Å². The zero-order valence-corrected chi connectivity index (χ0v) is 15.7. The highest BCUT2D eigenvalue weighted by Crippen LogP contribution is 2.31. The number of benzene rings is 1. The van der Waals surface area contributed by atoms with E-state index in [0.29, 0.717) is 12.0 Å². The molecule has 1 heterocycles. The number of hydrogen-bond acceptors (Lipinski definition) is 6. The van der Waals surface area contributed by atoms with E-state index in [1.165, 1.54) is 28.7 Å². The first kappa shape index (κ1) is 17.2. The minimum absolute atomic E-state index is 0.0801. The molecule has 1 atom stereocenters. The first-order valence-corrected chi connectivity index (χ1v) is 9.88. The second kappa shape index (κ2) is 7.53. The van der Waals surface area contributed by atoms with Gasteiger partial charge in [-0.3, -0.25) is 4.79 Å². The van der Waals surface area contributed by atoms with E-state index < -0.39 is 0 Å². The number of carbonyl (C=O) groups is 1. The number of aromatic nitrogens is 2. The van der Waals surface area contributed by atoms with Crippen molar-refractivity contribution in [2.75, 3.05) is 5.32 Å². The van der Waals surface area contributed by atoms with Crippen molar-refractivity contribution < 1.29 is 4.79 Å². The Kier molecular flexibility index (Phi) is 5.40. The predicted octanol–water partition coefficient (Wildman–Crippen LogP) is 4.16. The molecular weight excluding hydrogens is 340 g/mol. The van der Waals surface area contributed by atoms with Gasteiger partial charge >= 0.3 is 0 Å². The van der Waals surface area contributed by atoms with E-state index >= 15 is 0 Å². The molecule has 7 heteroatoms. The smallest absolute Gasteiger partial charge is 0.233 e. The molecule has 5 nitrogen and oxygen atoms in total. The highest BCUT2D eigenvalue weighted by Gasteiger charge is 2.26. The van der Waals surface area contributed by atoms with Crippen LogP contribution in [0.4, 0.5) is 10.8 Å². The van der Waals surface area contributed by atoms with Crippen molar-refractivity contribution in [3.05, 3.63) is 29.8 Å². The molecule has 1 aromatic heterocycles. The van der Waals surface area contributed by atoms with Crippen molar-refractivity contribution in [1.82, 2.24) is 15.5 Å². The van der Waals surface area contributed by atoms with Gasteiger partial charge in [0, 0.05) is 11.7 Å². The Morgan fingerprint density at radius 2 is 1.92 bits per heavy atom. The average molecular weight is 363 g/mol. The summed E-state index contributed by atoms with van der Waals surface area (Å²) in [7, 11) is 0. The second-order valence-electron chi connectivity index (χ2n) is 6.32. The van der Waals surface area contributed by atoms with Crippen LogP contribution < -0.4 is 10.6 Å². The number of amides is 1. The van der Waals surface area contributed by atoms with Gasteiger partial charge < -0.3 is 10.6 Å². The van der Waals surface area contributed by atoms with Crippen LogP contribution in [-0.4, -0.2) is 27.4 Å². The molecule has 1 saturated carbocycles. The summed E-state index contributed by atoms with van der Waals surface area (Å²) in [6.07, 6.45) is 2.21. The van der Waals surface area contributed by atoms with Gasteiger partial charge in [-0.1, -0.05) is 49.1 Å². The van der Waals surface area contributed by atoms with Gasteiger partial charge in [0.25, 0.3) is 0 Å². The fourth-order valence-corrected chi connectivity index (χ4v) is 4.06. The van der Waals surface area contributed by atoms with Gasteiger partial charge in [-0.25, -0.2) is 0 Å². The number of carbonyl (C=O) groups excluding carboxylic acids is 1. The molecule has 0 spiro atoms. The van der Waals surface area contributed by atoms with Crippen molar-refractivity contribution in [2.24, 2.45) is 0 Å². The van der Waals surface area contributed by atoms with E-state index in [1.807, 2.05) is 6.92 Å². The predicted molar refractivity (Wildman–Crippen MR) is 100 cm³/mol. The van der Waals surface area contributed by atoms with Gasteiger partial charge in [-0.15, -0.1) is 10.2 Å². The molecular formula is C17H22N4OS2. The zero-order chi connectivity index (χ0) is 17.1. The van der Waals surface area contributed by atoms with E-state index in [0.717, 1.165) is 28.0 Å². The molecule has 0 bridgehead atoms. The quantitative estimate of drug-likeness (QED) is 0.724. The summed E-state index contributed by atoms with van der Waals surface area (Å²) in [6, 6.07) is 8.73. The lowest BCUT2D eigenvalue weighted by Gasteiger charge is -2.08. The SMILES string of the molecule is CC(C)c1ccc(Nc2nnc(S[C@@H](C)C(=O)NC3CC3)s2)cc1. The molecule has 1 aliphatic rings. The van der Waals surface area contributed by atoms with Crippen molar-refractivity contribution in [1.29, 1.82) is 0 Å². The summed E-state index contributed by atoms with van der Waals surface area (Å²) in [4.78, 5) is 12.0. The number of rotatable bonds is 7. The lowest BCUT2D eigenvalue weighted by Crippen LogP contribution is -2.32. The van der Waals surface area contributed by atoms with Crippen LogP contribution in [0.2, 0.25) is 0 Å². The normalized spacial score (nSPS) is 15.3. The first-order chi connectivity index (χ1) is 11.5. The number of anilines is 2. The number of nitrogens with one attached hydrogen (secondary N) is 2. The van der Waals surface area contributed by atoms with E-state index in [9.17, 15) is 4.79 Å². The Bertz CT molecular complexity index is 695. The highest BCUT2D eigenvalue weighted by molar-refractivity contribution is 8.02. The van der Waals surface area contributed by atoms with E-state index in [4.69, 9.17) is 0 Å². The van der Waals surface area contributed by atoms with Crippen LogP contribution in [0.1, 0.15) is 45.1 Å². The molecule has 0 radical (unpaired) electrons. The van der Waals surface area contributed by atoms with Crippen LogP contribution in [0.3, 0.4) is 0 Å². The van der Waals surface area contributed by atoms with Gasteiger partial charge in [0.2, 0.25) is 11.0 Å². The minimum Gasteiger partial charge on any atom is -0.352 e. The maximum atomic E-state index is 12.0. The Balaban J connectivity index is 1.55. The van der Waals surface area contributed by atoms with Gasteiger partial charge in [0.05, 0.1) is 5.25 Å². The molecule has 1 amide bonds. The lowest BCUT2D eigenvalue weighted by molar-refractivity contribution is -0.120. The molecule has 1 aliphatic carbocycles. The third-order valence-electron chi connectivity index (χ3n) is 3.81.